The summed E-state index contributed by atoms with van der Waals surface area (Å²) in [6, 6.07) is 7.00. The third-order valence-corrected chi connectivity index (χ3v) is 5.84. The van der Waals surface area contributed by atoms with E-state index in [1.165, 1.54) is 24.4 Å². The van der Waals surface area contributed by atoms with Gasteiger partial charge in [0, 0.05) is 12.3 Å². The second-order valence-electron chi connectivity index (χ2n) is 7.33. The number of hydrogen-bond donors (Lipinski definition) is 2. The SMILES string of the molecule is CC(C)(C)C(=O)OCCN(Cn1ccc(=O)[nH]c1=O)S(=O)(=O)c1ccccc1N. The molecule has 0 spiro atoms. The number of carbonyl (C=O) groups excluding carboxylic acids is 1. The highest BCUT2D eigenvalue weighted by atomic mass is 32.2. The van der Waals surface area contributed by atoms with Gasteiger partial charge in [-0.1, -0.05) is 12.1 Å². The Kier molecular flexibility index (Phi) is 6.65. The van der Waals surface area contributed by atoms with Crippen LogP contribution in [0.3, 0.4) is 0 Å². The minimum Gasteiger partial charge on any atom is -0.464 e. The smallest absolute Gasteiger partial charge is 0.329 e. The average Bonchev–Trinajstić information content (AvgIpc) is 2.61. The number of sulfonamides is 1. The number of nitrogen functional groups attached to an aromatic ring is 1. The number of nitrogens with one attached hydrogen (secondary N) is 1. The summed E-state index contributed by atoms with van der Waals surface area (Å²) >= 11 is 0. The lowest BCUT2D eigenvalue weighted by atomic mass is 9.97. The van der Waals surface area contributed by atoms with Gasteiger partial charge >= 0.3 is 11.7 Å². The van der Waals surface area contributed by atoms with Crippen molar-refractivity contribution in [1.82, 2.24) is 13.9 Å². The van der Waals surface area contributed by atoms with Gasteiger partial charge < -0.3 is 10.5 Å². The number of rotatable bonds is 7. The summed E-state index contributed by atoms with van der Waals surface area (Å²) in [5.41, 5.74) is 3.73. The molecule has 2 rings (SSSR count). The summed E-state index contributed by atoms with van der Waals surface area (Å²) in [5.74, 6) is -0.490. The standard InChI is InChI=1S/C18H24N4O6S/c1-18(2,3)16(24)28-11-10-22(12-21-9-8-15(23)20-17(21)25)29(26,27)14-7-5-4-6-13(14)19/h4-9H,10-12,19H2,1-3H3,(H,20,23,25). The van der Waals surface area contributed by atoms with Gasteiger partial charge in [0.05, 0.1) is 24.3 Å². The third kappa shape index (κ3) is 5.55. The number of aromatic amines is 1. The molecule has 10 nitrogen and oxygen atoms in total. The number of H-pyrrole nitrogens is 1. The quantitative estimate of drug-likeness (QED) is 0.482. The maximum atomic E-state index is 13.1. The van der Waals surface area contributed by atoms with Crippen LogP contribution in [0.5, 0.6) is 0 Å². The molecule has 0 bridgehead atoms. The van der Waals surface area contributed by atoms with Crippen LogP contribution in [-0.2, 0) is 26.2 Å². The van der Waals surface area contributed by atoms with Crippen molar-refractivity contribution in [3.8, 4) is 0 Å². The maximum absolute atomic E-state index is 13.1. The molecule has 0 aliphatic rings. The maximum Gasteiger partial charge on any atom is 0.329 e. The molecular formula is C18H24N4O6S. The highest BCUT2D eigenvalue weighted by molar-refractivity contribution is 7.89. The minimum absolute atomic E-state index is 0.0398. The fraction of sp³-hybridized carbons (Fsp3) is 0.389. The van der Waals surface area contributed by atoms with Crippen LogP contribution in [0.15, 0.2) is 51.0 Å². The molecular weight excluding hydrogens is 400 g/mol. The van der Waals surface area contributed by atoms with E-state index in [0.717, 1.165) is 14.9 Å². The van der Waals surface area contributed by atoms with E-state index in [0.29, 0.717) is 0 Å². The zero-order chi connectivity index (χ0) is 21.8. The number of benzene rings is 1. The Morgan fingerprint density at radius 2 is 1.86 bits per heavy atom. The molecule has 2 aromatic rings. The van der Waals surface area contributed by atoms with Crippen LogP contribution in [0.1, 0.15) is 20.8 Å². The number of nitrogens with zero attached hydrogens (tertiary/aromatic N) is 2. The number of carbonyl (C=O) groups is 1. The summed E-state index contributed by atoms with van der Waals surface area (Å²) in [7, 11) is -4.12. The van der Waals surface area contributed by atoms with Gasteiger partial charge in [-0.25, -0.2) is 13.2 Å². The van der Waals surface area contributed by atoms with Crippen molar-refractivity contribution in [2.24, 2.45) is 5.41 Å². The molecule has 1 aromatic heterocycles. The number of anilines is 1. The van der Waals surface area contributed by atoms with E-state index in [1.54, 1.807) is 26.8 Å². The molecule has 0 aliphatic carbocycles. The summed E-state index contributed by atoms with van der Waals surface area (Å²) in [4.78, 5) is 37.1. The molecule has 158 valence electrons. The zero-order valence-corrected chi connectivity index (χ0v) is 17.2. The first-order chi connectivity index (χ1) is 13.4. The van der Waals surface area contributed by atoms with E-state index in [2.05, 4.69) is 4.98 Å². The first-order valence-electron chi connectivity index (χ1n) is 8.74. The fourth-order valence-corrected chi connectivity index (χ4v) is 3.79. The van der Waals surface area contributed by atoms with Gasteiger partial charge in [-0.05, 0) is 32.9 Å². The minimum atomic E-state index is -4.12. The van der Waals surface area contributed by atoms with Gasteiger partial charge in [-0.15, -0.1) is 0 Å². The van der Waals surface area contributed by atoms with Gasteiger partial charge in [0.25, 0.3) is 5.56 Å². The van der Waals surface area contributed by atoms with Gasteiger partial charge in [0.2, 0.25) is 10.0 Å². The van der Waals surface area contributed by atoms with E-state index in [4.69, 9.17) is 10.5 Å². The molecule has 1 heterocycles. The van der Waals surface area contributed by atoms with E-state index in [9.17, 15) is 22.8 Å². The number of nitrogens with two attached hydrogens (primary N) is 1. The average molecular weight is 424 g/mol. The van der Waals surface area contributed by atoms with Crippen molar-refractivity contribution < 1.29 is 17.9 Å². The molecule has 0 saturated heterocycles. The van der Waals surface area contributed by atoms with Crippen molar-refractivity contribution in [2.45, 2.75) is 32.3 Å². The Hall–Kier alpha value is -2.92. The Morgan fingerprint density at radius 1 is 1.21 bits per heavy atom. The number of ether oxygens (including phenoxy) is 1. The lowest BCUT2D eigenvalue weighted by Gasteiger charge is -2.24. The van der Waals surface area contributed by atoms with Gasteiger partial charge in [-0.2, -0.15) is 4.31 Å². The Bertz CT molecular complexity index is 1100. The molecule has 3 N–H and O–H groups in total. The van der Waals surface area contributed by atoms with Crippen LogP contribution < -0.4 is 17.0 Å². The van der Waals surface area contributed by atoms with Crippen molar-refractivity contribution in [3.63, 3.8) is 0 Å². The highest BCUT2D eigenvalue weighted by Gasteiger charge is 2.28. The van der Waals surface area contributed by atoms with Crippen LogP contribution in [0, 0.1) is 5.41 Å². The Balaban J connectivity index is 2.34. The third-order valence-electron chi connectivity index (χ3n) is 3.93. The summed E-state index contributed by atoms with van der Waals surface area (Å²) in [6.07, 6.45) is 1.18. The van der Waals surface area contributed by atoms with Gasteiger partial charge in [0.15, 0.2) is 0 Å². The highest BCUT2D eigenvalue weighted by Crippen LogP contribution is 2.22. The predicted octanol–water partition coefficient (Wildman–Crippen LogP) is 0.357. The van der Waals surface area contributed by atoms with Crippen molar-refractivity contribution in [3.05, 3.63) is 57.4 Å². The Morgan fingerprint density at radius 3 is 2.45 bits per heavy atom. The van der Waals surface area contributed by atoms with Crippen molar-refractivity contribution >= 4 is 21.7 Å². The molecule has 0 aliphatic heterocycles. The molecule has 0 unspecified atom stereocenters. The van der Waals surface area contributed by atoms with E-state index in [1.807, 2.05) is 0 Å². The van der Waals surface area contributed by atoms with Crippen molar-refractivity contribution in [2.75, 3.05) is 18.9 Å². The fourth-order valence-electron chi connectivity index (χ4n) is 2.30. The predicted molar refractivity (Wildman–Crippen MR) is 106 cm³/mol. The number of para-hydroxylation sites is 1. The molecule has 0 atom stereocenters. The number of esters is 1. The zero-order valence-electron chi connectivity index (χ0n) is 16.4. The van der Waals surface area contributed by atoms with Crippen molar-refractivity contribution in [1.29, 1.82) is 0 Å². The largest absolute Gasteiger partial charge is 0.464 e. The second-order valence-corrected chi connectivity index (χ2v) is 9.23. The number of hydrogen-bond acceptors (Lipinski definition) is 7. The van der Waals surface area contributed by atoms with Crippen LogP contribution in [0.2, 0.25) is 0 Å². The molecule has 1 aromatic carbocycles. The molecule has 0 radical (unpaired) electrons. The molecule has 0 saturated carbocycles. The van der Waals surface area contributed by atoms with Crippen LogP contribution in [0.4, 0.5) is 5.69 Å². The van der Waals surface area contributed by atoms with E-state index >= 15 is 0 Å². The van der Waals surface area contributed by atoms with Crippen LogP contribution >= 0.6 is 0 Å². The first kappa shape index (κ1) is 22.4. The Labute approximate surface area is 168 Å². The summed E-state index contributed by atoms with van der Waals surface area (Å²) in [5, 5.41) is 0. The monoisotopic (exact) mass is 424 g/mol. The molecule has 29 heavy (non-hydrogen) atoms. The summed E-state index contributed by atoms with van der Waals surface area (Å²) in [6.45, 7) is 4.18. The molecule has 0 amide bonds. The first-order valence-corrected chi connectivity index (χ1v) is 10.2. The lowest BCUT2D eigenvalue weighted by Crippen LogP contribution is -2.41. The topological polar surface area (TPSA) is 145 Å². The van der Waals surface area contributed by atoms with Crippen LogP contribution in [0.25, 0.3) is 0 Å². The van der Waals surface area contributed by atoms with E-state index < -0.39 is 39.3 Å². The van der Waals surface area contributed by atoms with Gasteiger partial charge in [0.1, 0.15) is 11.5 Å². The molecule has 0 fully saturated rings. The molecule has 11 heteroatoms. The normalized spacial score (nSPS) is 12.1. The number of aromatic nitrogens is 2. The van der Waals surface area contributed by atoms with Gasteiger partial charge in [-0.3, -0.25) is 19.1 Å². The van der Waals surface area contributed by atoms with E-state index in [-0.39, 0.29) is 23.7 Å². The second kappa shape index (κ2) is 8.62. The summed E-state index contributed by atoms with van der Waals surface area (Å²) < 4.78 is 33.4. The van der Waals surface area contributed by atoms with Crippen LogP contribution in [-0.4, -0.2) is 41.4 Å². The lowest BCUT2D eigenvalue weighted by molar-refractivity contribution is -0.153.